The van der Waals surface area contributed by atoms with Gasteiger partial charge in [0.2, 0.25) is 0 Å². The summed E-state index contributed by atoms with van der Waals surface area (Å²) in [6.45, 7) is 1.84. The van der Waals surface area contributed by atoms with Gasteiger partial charge < -0.3 is 24.9 Å². The molecule has 1 aromatic heterocycles. The summed E-state index contributed by atoms with van der Waals surface area (Å²) in [6.07, 6.45) is 2.35. The Balaban J connectivity index is 1.90. The molecule has 1 aromatic carbocycles. The number of anilines is 1. The van der Waals surface area contributed by atoms with Crippen LogP contribution in [0.25, 0.3) is 0 Å². The Morgan fingerprint density at radius 3 is 2.75 bits per heavy atom. The van der Waals surface area contributed by atoms with Crippen molar-refractivity contribution in [2.45, 2.75) is 26.2 Å². The maximum Gasteiger partial charge on any atom is 0.291 e. The van der Waals surface area contributed by atoms with Crippen molar-refractivity contribution >= 4 is 34.6 Å². The van der Waals surface area contributed by atoms with E-state index in [-0.39, 0.29) is 16.8 Å². The third kappa shape index (κ3) is 3.94. The topological polar surface area (TPSA) is 111 Å². The van der Waals surface area contributed by atoms with Crippen LogP contribution in [0.15, 0.2) is 27.7 Å². The third-order valence-corrected chi connectivity index (χ3v) is 4.58. The van der Waals surface area contributed by atoms with Crippen molar-refractivity contribution in [3.63, 3.8) is 0 Å². The van der Waals surface area contributed by atoms with Crippen molar-refractivity contribution in [2.75, 3.05) is 19.5 Å². The largest absolute Gasteiger partial charge is 0.497 e. The minimum Gasteiger partial charge on any atom is -0.497 e. The number of benzene rings is 1. The van der Waals surface area contributed by atoms with Gasteiger partial charge in [-0.15, -0.1) is 0 Å². The number of furan rings is 1. The molecule has 28 heavy (non-hydrogen) atoms. The molecule has 1 aliphatic rings. The molecule has 0 saturated heterocycles. The Morgan fingerprint density at radius 1 is 1.29 bits per heavy atom. The second-order valence-electron chi connectivity index (χ2n) is 6.26. The fraction of sp³-hybridized carbons (Fsp3) is 0.316. The Hall–Kier alpha value is -3.07. The van der Waals surface area contributed by atoms with Gasteiger partial charge in [-0.3, -0.25) is 10.2 Å². The molecule has 1 aliphatic carbocycles. The molecule has 4 N–H and O–H groups in total. The minimum absolute atomic E-state index is 0.0883. The van der Waals surface area contributed by atoms with Gasteiger partial charge in [-0.25, -0.2) is 0 Å². The van der Waals surface area contributed by atoms with Crippen molar-refractivity contribution in [3.8, 4) is 11.5 Å². The van der Waals surface area contributed by atoms with E-state index in [1.165, 1.54) is 7.11 Å². The van der Waals surface area contributed by atoms with E-state index in [2.05, 4.69) is 15.8 Å². The number of hydrogen-bond donors (Lipinski definition) is 3. The number of aryl methyl sites for hydroxylation is 1. The zero-order valence-corrected chi connectivity index (χ0v) is 16.7. The highest BCUT2D eigenvalue weighted by atomic mass is 32.1. The summed E-state index contributed by atoms with van der Waals surface area (Å²) < 4.78 is 16.4. The lowest BCUT2D eigenvalue weighted by Crippen LogP contribution is -2.26. The molecule has 3 rings (SSSR count). The number of rotatable bonds is 5. The number of carbonyl (C=O) groups is 1. The predicted molar refractivity (Wildman–Crippen MR) is 110 cm³/mol. The summed E-state index contributed by atoms with van der Waals surface area (Å²) >= 11 is 4.81. The molecule has 148 valence electrons. The van der Waals surface area contributed by atoms with E-state index in [4.69, 9.17) is 31.8 Å². The van der Waals surface area contributed by atoms with E-state index in [0.717, 1.165) is 41.9 Å². The molecule has 0 bridgehead atoms. The molecular formula is C19H22N4O4S. The lowest BCUT2D eigenvalue weighted by molar-refractivity contribution is 0.0993. The highest BCUT2D eigenvalue weighted by Gasteiger charge is 2.28. The number of amides is 1. The van der Waals surface area contributed by atoms with Crippen LogP contribution in [0, 0.1) is 6.92 Å². The Kier molecular flexibility index (Phi) is 5.84. The van der Waals surface area contributed by atoms with Crippen molar-refractivity contribution < 1.29 is 18.7 Å². The zero-order chi connectivity index (χ0) is 20.3. The highest BCUT2D eigenvalue weighted by molar-refractivity contribution is 7.80. The summed E-state index contributed by atoms with van der Waals surface area (Å²) in [5.41, 5.74) is 10.9. The number of methoxy groups -OCH3 is 2. The molecule has 1 amide bonds. The van der Waals surface area contributed by atoms with E-state index in [1.54, 1.807) is 25.3 Å². The van der Waals surface area contributed by atoms with E-state index >= 15 is 0 Å². The molecule has 2 aromatic rings. The first-order valence-electron chi connectivity index (χ1n) is 8.72. The van der Waals surface area contributed by atoms with Crippen molar-refractivity contribution in [3.05, 3.63) is 40.8 Å². The van der Waals surface area contributed by atoms with Gasteiger partial charge in [0.1, 0.15) is 17.3 Å². The van der Waals surface area contributed by atoms with Crippen molar-refractivity contribution in [2.24, 2.45) is 10.8 Å². The maximum atomic E-state index is 12.9. The number of thiocarbonyl (C=S) groups is 1. The smallest absolute Gasteiger partial charge is 0.291 e. The van der Waals surface area contributed by atoms with Crippen LogP contribution < -0.4 is 25.9 Å². The summed E-state index contributed by atoms with van der Waals surface area (Å²) in [4.78, 5) is 12.9. The number of fused-ring (bicyclic) bond motifs is 1. The minimum atomic E-state index is -0.364. The molecule has 0 aliphatic heterocycles. The van der Waals surface area contributed by atoms with Crippen LogP contribution in [-0.4, -0.2) is 31.0 Å². The molecule has 0 radical (unpaired) electrons. The maximum absolute atomic E-state index is 12.9. The standard InChI is InChI=1S/C19H22N4O4S/c1-10-16-13(22-23-19(20)28)5-4-6-14(16)27-17(10)18(24)21-12-8-7-11(25-2)9-15(12)26-3/h7-9H,4-6H2,1-3H3,(H,21,24)(H3,20,23,28)/b22-13+. The molecule has 9 heteroatoms. The lowest BCUT2D eigenvalue weighted by Gasteiger charge is -2.13. The summed E-state index contributed by atoms with van der Waals surface area (Å²) in [5.74, 6) is 1.74. The lowest BCUT2D eigenvalue weighted by atomic mass is 9.93. The molecule has 0 fully saturated rings. The Bertz CT molecular complexity index is 952. The summed E-state index contributed by atoms with van der Waals surface area (Å²) in [5, 5.41) is 7.19. The van der Waals surface area contributed by atoms with Crippen LogP contribution in [0.2, 0.25) is 0 Å². The number of nitrogens with one attached hydrogen (secondary N) is 2. The average molecular weight is 402 g/mol. The van der Waals surface area contributed by atoms with Crippen molar-refractivity contribution in [1.82, 2.24) is 5.43 Å². The second kappa shape index (κ2) is 8.30. The number of hydrazone groups is 1. The molecule has 0 unspecified atom stereocenters. The second-order valence-corrected chi connectivity index (χ2v) is 6.70. The molecule has 0 atom stereocenters. The van der Waals surface area contributed by atoms with E-state index in [0.29, 0.717) is 17.2 Å². The van der Waals surface area contributed by atoms with Crippen LogP contribution in [0.3, 0.4) is 0 Å². The van der Waals surface area contributed by atoms with Gasteiger partial charge >= 0.3 is 0 Å². The molecular weight excluding hydrogens is 380 g/mol. The van der Waals surface area contributed by atoms with E-state index < -0.39 is 0 Å². The van der Waals surface area contributed by atoms with Gasteiger partial charge in [-0.2, -0.15) is 5.10 Å². The quantitative estimate of drug-likeness (QED) is 0.521. The first kappa shape index (κ1) is 19.7. The average Bonchev–Trinajstić information content (AvgIpc) is 3.04. The van der Waals surface area contributed by atoms with Crippen LogP contribution in [-0.2, 0) is 6.42 Å². The zero-order valence-electron chi connectivity index (χ0n) is 15.9. The van der Waals surface area contributed by atoms with E-state index in [9.17, 15) is 4.79 Å². The van der Waals surface area contributed by atoms with Gasteiger partial charge in [0.15, 0.2) is 10.9 Å². The highest BCUT2D eigenvalue weighted by Crippen LogP contribution is 2.32. The fourth-order valence-electron chi connectivity index (χ4n) is 3.20. The van der Waals surface area contributed by atoms with Crippen LogP contribution in [0.5, 0.6) is 11.5 Å². The summed E-state index contributed by atoms with van der Waals surface area (Å²) in [7, 11) is 3.09. The number of ether oxygens (including phenoxy) is 2. The normalized spacial score (nSPS) is 14.3. The molecule has 8 nitrogen and oxygen atoms in total. The molecule has 1 heterocycles. The fourth-order valence-corrected chi connectivity index (χ4v) is 3.25. The van der Waals surface area contributed by atoms with Gasteiger partial charge in [0.25, 0.3) is 5.91 Å². The van der Waals surface area contributed by atoms with Gasteiger partial charge in [0.05, 0.1) is 25.6 Å². The van der Waals surface area contributed by atoms with Gasteiger partial charge in [-0.1, -0.05) is 0 Å². The number of carbonyl (C=O) groups excluding carboxylic acids is 1. The predicted octanol–water partition coefficient (Wildman–Crippen LogP) is 2.73. The molecule has 0 saturated carbocycles. The molecule has 0 spiro atoms. The third-order valence-electron chi connectivity index (χ3n) is 4.49. The first-order valence-corrected chi connectivity index (χ1v) is 9.13. The monoisotopic (exact) mass is 402 g/mol. The van der Waals surface area contributed by atoms with Gasteiger partial charge in [0, 0.05) is 23.6 Å². The van der Waals surface area contributed by atoms with Crippen LogP contribution in [0.1, 0.15) is 40.3 Å². The summed E-state index contributed by atoms with van der Waals surface area (Å²) in [6, 6.07) is 5.15. The Morgan fingerprint density at radius 2 is 2.07 bits per heavy atom. The number of nitrogens with two attached hydrogens (primary N) is 1. The first-order chi connectivity index (χ1) is 13.4. The van der Waals surface area contributed by atoms with Crippen LogP contribution >= 0.6 is 12.2 Å². The number of hydrogen-bond acceptors (Lipinski definition) is 6. The van der Waals surface area contributed by atoms with Gasteiger partial charge in [-0.05, 0) is 44.1 Å². The SMILES string of the molecule is COc1ccc(NC(=O)c2oc3c(c2C)/C(=N/NC(N)=S)CCC3)c(OC)c1. The van der Waals surface area contributed by atoms with E-state index in [1.807, 2.05) is 6.92 Å². The Labute approximate surface area is 168 Å². The van der Waals surface area contributed by atoms with Crippen LogP contribution in [0.4, 0.5) is 5.69 Å². The number of nitrogens with zero attached hydrogens (tertiary/aromatic N) is 1. The van der Waals surface area contributed by atoms with Crippen molar-refractivity contribution in [1.29, 1.82) is 0 Å².